The van der Waals surface area contributed by atoms with Gasteiger partial charge in [-0.15, -0.1) is 0 Å². The molecule has 0 radical (unpaired) electrons. The van der Waals surface area contributed by atoms with E-state index >= 15 is 0 Å². The van der Waals surface area contributed by atoms with Crippen LogP contribution in [0.1, 0.15) is 6.92 Å². The number of hydrogen-bond acceptors (Lipinski definition) is 4. The minimum absolute atomic E-state index is 0.0763. The number of carbonyl (C=O) groups excluding carboxylic acids is 2. The van der Waals surface area contributed by atoms with E-state index in [4.69, 9.17) is 4.74 Å². The van der Waals surface area contributed by atoms with Gasteiger partial charge >= 0.3 is 6.09 Å². The van der Waals surface area contributed by atoms with Gasteiger partial charge in [-0.3, -0.25) is 9.89 Å². The summed E-state index contributed by atoms with van der Waals surface area (Å²) in [6.45, 7) is 1.91. The Morgan fingerprint density at radius 1 is 1.36 bits per heavy atom. The molecule has 7 nitrogen and oxygen atoms in total. The summed E-state index contributed by atoms with van der Waals surface area (Å²) in [7, 11) is 1.51. The van der Waals surface area contributed by atoms with Gasteiger partial charge in [-0.2, -0.15) is 5.10 Å². The Kier molecular flexibility index (Phi) is 5.13. The number of likely N-dealkylation sites (N-methyl/N-ethyl adjacent to an activating group) is 1. The first-order chi connectivity index (χ1) is 10.6. The summed E-state index contributed by atoms with van der Waals surface area (Å²) in [5.41, 5.74) is 2.42. The molecule has 0 bridgehead atoms. The normalized spacial score (nSPS) is 10.1. The van der Waals surface area contributed by atoms with Crippen molar-refractivity contribution in [2.45, 2.75) is 6.92 Å². The molecule has 0 atom stereocenters. The Balaban J connectivity index is 1.97. The van der Waals surface area contributed by atoms with Crippen LogP contribution < -0.4 is 5.32 Å². The molecule has 1 aromatic carbocycles. The minimum atomic E-state index is -0.524. The van der Waals surface area contributed by atoms with Crippen molar-refractivity contribution in [2.75, 3.05) is 25.5 Å². The van der Waals surface area contributed by atoms with E-state index < -0.39 is 6.09 Å². The van der Waals surface area contributed by atoms with Crippen molar-refractivity contribution in [3.63, 3.8) is 0 Å². The molecule has 0 fully saturated rings. The average Bonchev–Trinajstić information content (AvgIpc) is 3.01. The van der Waals surface area contributed by atoms with Crippen LogP contribution in [0.15, 0.2) is 36.5 Å². The molecule has 0 aliphatic carbocycles. The van der Waals surface area contributed by atoms with Crippen molar-refractivity contribution in [1.29, 1.82) is 0 Å². The van der Waals surface area contributed by atoms with Crippen LogP contribution in [0, 0.1) is 0 Å². The summed E-state index contributed by atoms with van der Waals surface area (Å²) < 4.78 is 4.82. The van der Waals surface area contributed by atoms with Crippen LogP contribution in [0.4, 0.5) is 10.5 Å². The first kappa shape index (κ1) is 15.6. The molecule has 1 aromatic heterocycles. The Morgan fingerprint density at radius 2 is 2.18 bits per heavy atom. The second-order valence-corrected chi connectivity index (χ2v) is 4.65. The second kappa shape index (κ2) is 7.26. The van der Waals surface area contributed by atoms with E-state index in [1.165, 1.54) is 11.9 Å². The van der Waals surface area contributed by atoms with Gasteiger partial charge in [-0.1, -0.05) is 12.1 Å². The largest absolute Gasteiger partial charge is 0.450 e. The van der Waals surface area contributed by atoms with Crippen molar-refractivity contribution >= 4 is 17.7 Å². The first-order valence-corrected chi connectivity index (χ1v) is 6.87. The number of benzene rings is 1. The summed E-state index contributed by atoms with van der Waals surface area (Å²) in [5.74, 6) is -0.294. The predicted molar refractivity (Wildman–Crippen MR) is 82.3 cm³/mol. The maximum Gasteiger partial charge on any atom is 0.409 e. The van der Waals surface area contributed by atoms with Gasteiger partial charge in [-0.05, 0) is 25.1 Å². The van der Waals surface area contributed by atoms with E-state index in [0.717, 1.165) is 11.3 Å². The van der Waals surface area contributed by atoms with E-state index in [1.807, 2.05) is 24.3 Å². The molecule has 0 aliphatic rings. The number of hydrogen-bond donors (Lipinski definition) is 2. The van der Waals surface area contributed by atoms with Gasteiger partial charge in [0.05, 0.1) is 12.3 Å². The zero-order valence-electron chi connectivity index (χ0n) is 12.5. The highest BCUT2D eigenvalue weighted by Crippen LogP contribution is 2.20. The number of amides is 2. The third kappa shape index (κ3) is 4.08. The Bertz CT molecular complexity index is 640. The SMILES string of the molecule is CCOC(=O)N(C)CC(=O)Nc1cccc(-c2ccn[nH]2)c1. The minimum Gasteiger partial charge on any atom is -0.450 e. The molecular formula is C15H18N4O3. The van der Waals surface area contributed by atoms with Crippen molar-refractivity contribution in [1.82, 2.24) is 15.1 Å². The number of carbonyl (C=O) groups is 2. The van der Waals surface area contributed by atoms with Crippen LogP contribution in [0.3, 0.4) is 0 Å². The van der Waals surface area contributed by atoms with Crippen LogP contribution in [-0.2, 0) is 9.53 Å². The number of nitrogens with one attached hydrogen (secondary N) is 2. The lowest BCUT2D eigenvalue weighted by atomic mass is 10.1. The number of H-pyrrole nitrogens is 1. The standard InChI is InChI=1S/C15H18N4O3/c1-3-22-15(21)19(2)10-14(20)17-12-6-4-5-11(9-12)13-7-8-16-18-13/h4-9H,3,10H2,1-2H3,(H,16,18)(H,17,20). The Morgan fingerprint density at radius 3 is 2.86 bits per heavy atom. The zero-order chi connectivity index (χ0) is 15.9. The second-order valence-electron chi connectivity index (χ2n) is 4.65. The van der Waals surface area contributed by atoms with Gasteiger partial charge in [0.1, 0.15) is 6.54 Å². The Labute approximate surface area is 128 Å². The molecule has 7 heteroatoms. The van der Waals surface area contributed by atoms with Gasteiger partial charge in [0.2, 0.25) is 5.91 Å². The van der Waals surface area contributed by atoms with Crippen molar-refractivity contribution < 1.29 is 14.3 Å². The van der Waals surface area contributed by atoms with E-state index in [-0.39, 0.29) is 19.1 Å². The Hall–Kier alpha value is -2.83. The molecule has 116 valence electrons. The highest BCUT2D eigenvalue weighted by atomic mass is 16.6. The summed E-state index contributed by atoms with van der Waals surface area (Å²) >= 11 is 0. The first-order valence-electron chi connectivity index (χ1n) is 6.87. The topological polar surface area (TPSA) is 87.3 Å². The molecule has 2 amide bonds. The number of rotatable bonds is 5. The van der Waals surface area contributed by atoms with E-state index in [0.29, 0.717) is 5.69 Å². The van der Waals surface area contributed by atoms with Crippen molar-refractivity contribution in [2.24, 2.45) is 0 Å². The molecule has 1 heterocycles. The monoisotopic (exact) mass is 302 g/mol. The quantitative estimate of drug-likeness (QED) is 0.885. The van der Waals surface area contributed by atoms with E-state index in [9.17, 15) is 9.59 Å². The molecule has 0 aliphatic heterocycles. The van der Waals surface area contributed by atoms with Crippen LogP contribution in [0.5, 0.6) is 0 Å². The third-order valence-electron chi connectivity index (χ3n) is 2.92. The molecule has 2 N–H and O–H groups in total. The van der Waals surface area contributed by atoms with Crippen LogP contribution in [0.25, 0.3) is 11.3 Å². The van der Waals surface area contributed by atoms with Gasteiger partial charge in [0, 0.05) is 24.5 Å². The third-order valence-corrected chi connectivity index (χ3v) is 2.92. The van der Waals surface area contributed by atoms with Crippen molar-refractivity contribution in [3.8, 4) is 11.3 Å². The van der Waals surface area contributed by atoms with Gasteiger partial charge in [-0.25, -0.2) is 4.79 Å². The van der Waals surface area contributed by atoms with Gasteiger partial charge in [0.15, 0.2) is 0 Å². The van der Waals surface area contributed by atoms with E-state index in [1.54, 1.807) is 19.2 Å². The van der Waals surface area contributed by atoms with E-state index in [2.05, 4.69) is 15.5 Å². The predicted octanol–water partition coefficient (Wildman–Crippen LogP) is 2.10. The van der Waals surface area contributed by atoms with Crippen LogP contribution in [-0.4, -0.2) is 47.3 Å². The molecule has 0 spiro atoms. The van der Waals surface area contributed by atoms with Crippen LogP contribution in [0.2, 0.25) is 0 Å². The number of aromatic nitrogens is 2. The number of anilines is 1. The lowest BCUT2D eigenvalue weighted by Gasteiger charge is -2.16. The number of aromatic amines is 1. The fourth-order valence-electron chi connectivity index (χ4n) is 1.90. The van der Waals surface area contributed by atoms with Gasteiger partial charge in [0.25, 0.3) is 0 Å². The molecule has 2 aromatic rings. The summed E-state index contributed by atoms with van der Waals surface area (Å²) in [4.78, 5) is 24.6. The van der Waals surface area contributed by atoms with Crippen LogP contribution >= 0.6 is 0 Å². The molecule has 0 saturated carbocycles. The summed E-state index contributed by atoms with van der Waals surface area (Å²) in [6.07, 6.45) is 1.14. The lowest BCUT2D eigenvalue weighted by Crippen LogP contribution is -2.35. The smallest absolute Gasteiger partial charge is 0.409 e. The summed E-state index contributed by atoms with van der Waals surface area (Å²) in [6, 6.07) is 9.20. The lowest BCUT2D eigenvalue weighted by molar-refractivity contribution is -0.116. The molecular weight excluding hydrogens is 284 g/mol. The fraction of sp³-hybridized carbons (Fsp3) is 0.267. The summed E-state index contributed by atoms with van der Waals surface area (Å²) in [5, 5.41) is 9.51. The zero-order valence-corrected chi connectivity index (χ0v) is 12.5. The average molecular weight is 302 g/mol. The fourth-order valence-corrected chi connectivity index (χ4v) is 1.90. The molecule has 0 unspecified atom stereocenters. The maximum atomic E-state index is 11.9. The molecule has 2 rings (SSSR count). The highest BCUT2D eigenvalue weighted by Gasteiger charge is 2.13. The maximum absolute atomic E-state index is 11.9. The van der Waals surface area contributed by atoms with Gasteiger partial charge < -0.3 is 15.0 Å². The number of nitrogens with zero attached hydrogens (tertiary/aromatic N) is 2. The number of ether oxygens (including phenoxy) is 1. The highest BCUT2D eigenvalue weighted by molar-refractivity contribution is 5.94. The molecule has 0 saturated heterocycles. The van der Waals surface area contributed by atoms with Crippen molar-refractivity contribution in [3.05, 3.63) is 36.5 Å². The molecule has 22 heavy (non-hydrogen) atoms.